The van der Waals surface area contributed by atoms with Crippen LogP contribution < -0.4 is 20.9 Å². The molecule has 2 heterocycles. The summed E-state index contributed by atoms with van der Waals surface area (Å²) >= 11 is 0. The molecular weight excluding hydrogens is 371 g/mol. The van der Waals surface area contributed by atoms with Crippen LogP contribution in [-0.4, -0.2) is 43.2 Å². The molecule has 4 rings (SSSR count). The van der Waals surface area contributed by atoms with Crippen LogP contribution in [0, 0.1) is 5.82 Å². The number of hydrazine groups is 1. The van der Waals surface area contributed by atoms with Gasteiger partial charge in [0.15, 0.2) is 11.6 Å². The number of nitrogens with zero attached hydrogens (tertiary/aromatic N) is 1. The molecule has 0 saturated carbocycles. The minimum absolute atomic E-state index is 0.100. The smallest absolute Gasteiger partial charge is 0.251 e. The van der Waals surface area contributed by atoms with E-state index in [-0.39, 0.29) is 23.9 Å². The Morgan fingerprint density at radius 1 is 1.14 bits per heavy atom. The molecule has 0 spiro atoms. The third kappa shape index (κ3) is 4.58. The van der Waals surface area contributed by atoms with Crippen molar-refractivity contribution in [3.05, 3.63) is 65.5 Å². The maximum absolute atomic E-state index is 13.8. The van der Waals surface area contributed by atoms with Gasteiger partial charge in [0.2, 0.25) is 0 Å². The molecule has 2 aliphatic heterocycles. The number of methoxy groups -OCH3 is 1. The maximum Gasteiger partial charge on any atom is 0.251 e. The van der Waals surface area contributed by atoms with Gasteiger partial charge in [-0.15, -0.1) is 0 Å². The first-order valence-electron chi connectivity index (χ1n) is 10.1. The van der Waals surface area contributed by atoms with Crippen molar-refractivity contribution in [2.75, 3.05) is 20.2 Å². The Morgan fingerprint density at radius 2 is 1.90 bits per heavy atom. The summed E-state index contributed by atoms with van der Waals surface area (Å²) in [5.74, 6) is -0.626. The van der Waals surface area contributed by atoms with E-state index >= 15 is 0 Å². The summed E-state index contributed by atoms with van der Waals surface area (Å²) in [5.41, 5.74) is 8.41. The van der Waals surface area contributed by atoms with Crippen LogP contribution in [-0.2, 0) is 0 Å². The zero-order valence-electron chi connectivity index (χ0n) is 16.5. The summed E-state index contributed by atoms with van der Waals surface area (Å²) in [6.07, 6.45) is 3.04. The summed E-state index contributed by atoms with van der Waals surface area (Å²) in [4.78, 5) is 14.9. The SMILES string of the molecule is COc1ccc(C(=O)NC2CCN(C3CC(c4ccccc4)NN3)CC2)cc1F. The van der Waals surface area contributed by atoms with Crippen LogP contribution in [0.3, 0.4) is 0 Å². The van der Waals surface area contributed by atoms with Crippen LogP contribution in [0.25, 0.3) is 0 Å². The number of carbonyl (C=O) groups is 1. The molecule has 7 heteroatoms. The van der Waals surface area contributed by atoms with Crippen LogP contribution in [0.5, 0.6) is 5.75 Å². The number of hydrogen-bond acceptors (Lipinski definition) is 5. The second kappa shape index (κ2) is 8.90. The predicted molar refractivity (Wildman–Crippen MR) is 109 cm³/mol. The second-order valence-electron chi connectivity index (χ2n) is 7.64. The Bertz CT molecular complexity index is 840. The summed E-state index contributed by atoms with van der Waals surface area (Å²) in [6.45, 7) is 1.81. The van der Waals surface area contributed by atoms with Crippen molar-refractivity contribution in [3.8, 4) is 5.75 Å². The van der Waals surface area contributed by atoms with Crippen molar-refractivity contribution in [1.29, 1.82) is 0 Å². The van der Waals surface area contributed by atoms with Gasteiger partial charge < -0.3 is 10.1 Å². The van der Waals surface area contributed by atoms with E-state index in [2.05, 4.69) is 45.3 Å². The highest BCUT2D eigenvalue weighted by molar-refractivity contribution is 5.94. The minimum atomic E-state index is -0.525. The van der Waals surface area contributed by atoms with Crippen molar-refractivity contribution in [2.24, 2.45) is 0 Å². The fraction of sp³-hybridized carbons (Fsp3) is 0.409. The molecule has 0 aromatic heterocycles. The lowest BCUT2D eigenvalue weighted by molar-refractivity contribution is 0.0879. The van der Waals surface area contributed by atoms with Crippen LogP contribution in [0.15, 0.2) is 48.5 Å². The average molecular weight is 398 g/mol. The summed E-state index contributed by atoms with van der Waals surface area (Å²) < 4.78 is 18.7. The van der Waals surface area contributed by atoms with E-state index in [0.717, 1.165) is 32.4 Å². The van der Waals surface area contributed by atoms with Crippen LogP contribution >= 0.6 is 0 Å². The molecule has 0 aliphatic carbocycles. The van der Waals surface area contributed by atoms with Crippen molar-refractivity contribution in [2.45, 2.75) is 37.5 Å². The van der Waals surface area contributed by atoms with Gasteiger partial charge in [-0.05, 0) is 43.0 Å². The van der Waals surface area contributed by atoms with E-state index in [1.165, 1.54) is 24.8 Å². The van der Waals surface area contributed by atoms with Gasteiger partial charge in [-0.2, -0.15) is 0 Å². The van der Waals surface area contributed by atoms with Gasteiger partial charge in [0.05, 0.1) is 13.3 Å². The van der Waals surface area contributed by atoms with E-state index < -0.39 is 5.82 Å². The number of piperidine rings is 1. The quantitative estimate of drug-likeness (QED) is 0.723. The average Bonchev–Trinajstić information content (AvgIpc) is 3.25. The number of halogens is 1. The van der Waals surface area contributed by atoms with Crippen molar-refractivity contribution in [1.82, 2.24) is 21.1 Å². The lowest BCUT2D eigenvalue weighted by atomic mass is 10.0. The van der Waals surface area contributed by atoms with Crippen molar-refractivity contribution >= 4 is 5.91 Å². The lowest BCUT2D eigenvalue weighted by Crippen LogP contribution is -2.51. The summed E-state index contributed by atoms with van der Waals surface area (Å²) in [7, 11) is 1.41. The van der Waals surface area contributed by atoms with Gasteiger partial charge in [0.25, 0.3) is 5.91 Å². The summed E-state index contributed by atoms with van der Waals surface area (Å²) in [6, 6.07) is 15.1. The highest BCUT2D eigenvalue weighted by Gasteiger charge is 2.32. The zero-order valence-corrected chi connectivity index (χ0v) is 16.5. The van der Waals surface area contributed by atoms with E-state index in [9.17, 15) is 9.18 Å². The Hall–Kier alpha value is -2.48. The highest BCUT2D eigenvalue weighted by Crippen LogP contribution is 2.25. The van der Waals surface area contributed by atoms with Crippen molar-refractivity contribution in [3.63, 3.8) is 0 Å². The van der Waals surface area contributed by atoms with E-state index in [1.54, 1.807) is 6.07 Å². The Balaban J connectivity index is 1.26. The minimum Gasteiger partial charge on any atom is -0.494 e. The fourth-order valence-electron chi connectivity index (χ4n) is 4.11. The van der Waals surface area contributed by atoms with Gasteiger partial charge in [-0.3, -0.25) is 9.69 Å². The molecule has 3 N–H and O–H groups in total. The highest BCUT2D eigenvalue weighted by atomic mass is 19.1. The molecule has 2 aromatic carbocycles. The molecular formula is C22H27FN4O2. The van der Waals surface area contributed by atoms with Gasteiger partial charge in [0.1, 0.15) is 0 Å². The molecule has 2 saturated heterocycles. The van der Waals surface area contributed by atoms with E-state index in [0.29, 0.717) is 11.6 Å². The fourth-order valence-corrected chi connectivity index (χ4v) is 4.11. The molecule has 1 amide bonds. The third-order valence-corrected chi connectivity index (χ3v) is 5.80. The number of nitrogens with one attached hydrogen (secondary N) is 3. The maximum atomic E-state index is 13.8. The van der Waals surface area contributed by atoms with Crippen molar-refractivity contribution < 1.29 is 13.9 Å². The number of ether oxygens (including phenoxy) is 1. The van der Waals surface area contributed by atoms with Crippen LogP contribution in [0.1, 0.15) is 41.2 Å². The van der Waals surface area contributed by atoms with E-state index in [4.69, 9.17) is 4.74 Å². The van der Waals surface area contributed by atoms with E-state index in [1.807, 2.05) is 6.07 Å². The molecule has 2 atom stereocenters. The monoisotopic (exact) mass is 398 g/mol. The molecule has 0 bridgehead atoms. The number of amides is 1. The first-order valence-corrected chi connectivity index (χ1v) is 10.1. The van der Waals surface area contributed by atoms with Gasteiger partial charge in [-0.1, -0.05) is 30.3 Å². The second-order valence-corrected chi connectivity index (χ2v) is 7.64. The van der Waals surface area contributed by atoms with Gasteiger partial charge in [-0.25, -0.2) is 15.2 Å². The Kier molecular flexibility index (Phi) is 6.08. The number of benzene rings is 2. The van der Waals surface area contributed by atoms with Crippen LogP contribution in [0.4, 0.5) is 4.39 Å². The molecule has 2 aromatic rings. The van der Waals surface area contributed by atoms with Gasteiger partial charge >= 0.3 is 0 Å². The largest absolute Gasteiger partial charge is 0.494 e. The molecule has 29 heavy (non-hydrogen) atoms. The number of likely N-dealkylation sites (tertiary alicyclic amines) is 1. The third-order valence-electron chi connectivity index (χ3n) is 5.80. The molecule has 2 fully saturated rings. The zero-order chi connectivity index (χ0) is 20.2. The topological polar surface area (TPSA) is 65.6 Å². The molecule has 2 aliphatic rings. The van der Waals surface area contributed by atoms with Crippen LogP contribution in [0.2, 0.25) is 0 Å². The lowest BCUT2D eigenvalue weighted by Gasteiger charge is -2.35. The number of carbonyl (C=O) groups excluding carboxylic acids is 1. The molecule has 6 nitrogen and oxygen atoms in total. The first-order chi connectivity index (χ1) is 14.1. The molecule has 154 valence electrons. The van der Waals surface area contributed by atoms with Gasteiger partial charge in [0, 0.05) is 30.7 Å². The normalized spacial score (nSPS) is 23.1. The standard InChI is InChI=1S/C22H27FN4O2/c1-29-20-8-7-16(13-18(20)23)22(28)24-17-9-11-27(12-10-17)21-14-19(25-26-21)15-5-3-2-4-6-15/h2-8,13,17,19,21,25-26H,9-12,14H2,1H3,(H,24,28). The predicted octanol–water partition coefficient (Wildman–Crippen LogP) is 2.59. The Labute approximate surface area is 170 Å². The molecule has 2 unspecified atom stereocenters. The number of hydrogen-bond donors (Lipinski definition) is 3. The Morgan fingerprint density at radius 3 is 2.59 bits per heavy atom. The molecule has 0 radical (unpaired) electrons. The number of rotatable bonds is 5. The summed E-state index contributed by atoms with van der Waals surface area (Å²) in [5, 5.41) is 3.04. The first kappa shape index (κ1) is 19.8.